The normalized spacial score (nSPS) is 26.0. The van der Waals surface area contributed by atoms with Crippen LogP contribution in [0.15, 0.2) is 23.1 Å². The summed E-state index contributed by atoms with van der Waals surface area (Å²) >= 11 is 0. The van der Waals surface area contributed by atoms with Crippen LogP contribution in [0, 0.1) is 12.8 Å². The Balaban J connectivity index is 1.47. The van der Waals surface area contributed by atoms with Gasteiger partial charge in [-0.05, 0) is 69.5 Å². The van der Waals surface area contributed by atoms with Crippen molar-refractivity contribution in [3.05, 3.63) is 39.9 Å². The molecule has 0 bridgehead atoms. The molecule has 4 rings (SSSR count). The number of nitrogens with zero attached hydrogens (tertiary/aromatic N) is 2. The lowest BCUT2D eigenvalue weighted by molar-refractivity contribution is -0.122. The van der Waals surface area contributed by atoms with Crippen LogP contribution in [-0.2, 0) is 11.8 Å². The third kappa shape index (κ3) is 4.70. The van der Waals surface area contributed by atoms with Gasteiger partial charge in [0.2, 0.25) is 5.91 Å². The van der Waals surface area contributed by atoms with Crippen LogP contribution in [0.4, 0.5) is 4.79 Å². The Morgan fingerprint density at radius 1 is 1.19 bits per heavy atom. The van der Waals surface area contributed by atoms with E-state index in [1.165, 1.54) is 0 Å². The third-order valence-electron chi connectivity index (χ3n) is 7.07. The molecular weight excluding hydrogens is 406 g/mol. The van der Waals surface area contributed by atoms with E-state index < -0.39 is 6.03 Å². The lowest BCUT2D eigenvalue weighted by Crippen LogP contribution is -2.53. The number of fused-ring (bicyclic) bond motifs is 1. The van der Waals surface area contributed by atoms with E-state index in [2.05, 4.69) is 27.9 Å². The summed E-state index contributed by atoms with van der Waals surface area (Å²) in [5.41, 5.74) is 2.52. The van der Waals surface area contributed by atoms with E-state index in [-0.39, 0.29) is 29.5 Å². The summed E-state index contributed by atoms with van der Waals surface area (Å²) < 4.78 is 1.70. The van der Waals surface area contributed by atoms with Crippen molar-refractivity contribution in [3.63, 3.8) is 0 Å². The summed E-state index contributed by atoms with van der Waals surface area (Å²) in [5.74, 6) is 0.0935. The summed E-state index contributed by atoms with van der Waals surface area (Å²) in [7, 11) is 1.80. The molecule has 4 atom stereocenters. The molecule has 172 valence electrons. The van der Waals surface area contributed by atoms with E-state index in [1.54, 1.807) is 11.6 Å². The standard InChI is InChI=1S/C24H33N5O3/c1-14-7-8-17(27-24(32)28-22(30)20-6-4-5-9-25-20)12-18(14)19-11-16-13-26-15(2)10-21(16)29(3)23(19)31/h10-11,13-14,17-18,20,25H,4-9,12H2,1-3H3,(H2,27,28,30,32). The minimum atomic E-state index is -0.452. The van der Waals surface area contributed by atoms with Gasteiger partial charge in [-0.25, -0.2) is 4.79 Å². The number of rotatable bonds is 3. The summed E-state index contributed by atoms with van der Waals surface area (Å²) in [6.45, 7) is 4.88. The van der Waals surface area contributed by atoms with Crippen molar-refractivity contribution >= 4 is 22.8 Å². The van der Waals surface area contributed by atoms with Gasteiger partial charge < -0.3 is 15.2 Å². The topological polar surface area (TPSA) is 105 Å². The Labute approximate surface area is 188 Å². The smallest absolute Gasteiger partial charge is 0.321 e. The number of carbonyl (C=O) groups is 2. The predicted molar refractivity (Wildman–Crippen MR) is 124 cm³/mol. The predicted octanol–water partition coefficient (Wildman–Crippen LogP) is 2.48. The highest BCUT2D eigenvalue weighted by Crippen LogP contribution is 2.37. The number of nitrogens with one attached hydrogen (secondary N) is 3. The van der Waals surface area contributed by atoms with Gasteiger partial charge >= 0.3 is 6.03 Å². The highest BCUT2D eigenvalue weighted by Gasteiger charge is 2.32. The first-order chi connectivity index (χ1) is 15.3. The molecule has 2 aromatic rings. The average molecular weight is 440 g/mol. The number of pyridine rings is 2. The largest absolute Gasteiger partial charge is 0.335 e. The van der Waals surface area contributed by atoms with Crippen LogP contribution in [-0.4, -0.2) is 40.1 Å². The molecule has 1 aliphatic carbocycles. The van der Waals surface area contributed by atoms with E-state index in [0.29, 0.717) is 12.3 Å². The number of urea groups is 1. The van der Waals surface area contributed by atoms with Crippen LogP contribution in [0.2, 0.25) is 0 Å². The first-order valence-corrected chi connectivity index (χ1v) is 11.6. The lowest BCUT2D eigenvalue weighted by Gasteiger charge is -2.35. The third-order valence-corrected chi connectivity index (χ3v) is 7.07. The molecule has 3 amide bonds. The van der Waals surface area contributed by atoms with Crippen LogP contribution >= 0.6 is 0 Å². The molecule has 2 fully saturated rings. The molecule has 3 heterocycles. The number of hydrogen-bond donors (Lipinski definition) is 3. The molecule has 0 spiro atoms. The highest BCUT2D eigenvalue weighted by atomic mass is 16.2. The Morgan fingerprint density at radius 2 is 2.00 bits per heavy atom. The van der Waals surface area contributed by atoms with Crippen molar-refractivity contribution in [2.45, 2.75) is 70.4 Å². The van der Waals surface area contributed by atoms with Crippen LogP contribution in [0.3, 0.4) is 0 Å². The summed E-state index contributed by atoms with van der Waals surface area (Å²) in [4.78, 5) is 42.4. The average Bonchev–Trinajstić information content (AvgIpc) is 2.78. The molecule has 3 N–H and O–H groups in total. The molecule has 1 saturated heterocycles. The van der Waals surface area contributed by atoms with Crippen molar-refractivity contribution in [2.24, 2.45) is 13.0 Å². The minimum absolute atomic E-state index is 0.00334. The summed E-state index contributed by atoms with van der Waals surface area (Å²) in [6.07, 6.45) is 7.02. The lowest BCUT2D eigenvalue weighted by atomic mass is 9.74. The van der Waals surface area contributed by atoms with Crippen molar-refractivity contribution in [1.82, 2.24) is 25.5 Å². The van der Waals surface area contributed by atoms with E-state index >= 15 is 0 Å². The highest BCUT2D eigenvalue weighted by molar-refractivity contribution is 5.97. The Morgan fingerprint density at radius 3 is 2.75 bits per heavy atom. The fourth-order valence-corrected chi connectivity index (χ4v) is 5.14. The van der Waals surface area contributed by atoms with Gasteiger partial charge in [-0.2, -0.15) is 0 Å². The zero-order chi connectivity index (χ0) is 22.8. The summed E-state index contributed by atoms with van der Waals surface area (Å²) in [5, 5.41) is 9.56. The molecule has 8 heteroatoms. The van der Waals surface area contributed by atoms with Crippen molar-refractivity contribution < 1.29 is 9.59 Å². The second-order valence-corrected chi connectivity index (χ2v) is 9.41. The maximum atomic E-state index is 13.2. The molecular formula is C24H33N5O3. The van der Waals surface area contributed by atoms with Gasteiger partial charge in [-0.3, -0.25) is 19.9 Å². The van der Waals surface area contributed by atoms with Gasteiger partial charge in [0.15, 0.2) is 0 Å². The van der Waals surface area contributed by atoms with Crippen molar-refractivity contribution in [2.75, 3.05) is 6.54 Å². The van der Waals surface area contributed by atoms with Gasteiger partial charge in [0.25, 0.3) is 5.56 Å². The maximum Gasteiger partial charge on any atom is 0.321 e. The van der Waals surface area contributed by atoms with Gasteiger partial charge in [0.05, 0.1) is 11.6 Å². The summed E-state index contributed by atoms with van der Waals surface area (Å²) in [6, 6.07) is 3.06. The first-order valence-electron chi connectivity index (χ1n) is 11.6. The van der Waals surface area contributed by atoms with Gasteiger partial charge in [0, 0.05) is 35.9 Å². The fraction of sp³-hybridized carbons (Fsp3) is 0.583. The number of hydrogen-bond acceptors (Lipinski definition) is 5. The van der Waals surface area contributed by atoms with E-state index in [0.717, 1.165) is 60.8 Å². The van der Waals surface area contributed by atoms with Crippen LogP contribution in [0.25, 0.3) is 10.9 Å². The maximum absolute atomic E-state index is 13.2. The molecule has 1 saturated carbocycles. The van der Waals surface area contributed by atoms with E-state index in [9.17, 15) is 14.4 Å². The molecule has 4 unspecified atom stereocenters. The monoisotopic (exact) mass is 439 g/mol. The fourth-order valence-electron chi connectivity index (χ4n) is 5.14. The molecule has 2 aromatic heterocycles. The second-order valence-electron chi connectivity index (χ2n) is 9.41. The number of amides is 3. The van der Waals surface area contributed by atoms with E-state index in [1.807, 2.05) is 25.3 Å². The molecule has 1 aliphatic heterocycles. The molecule has 32 heavy (non-hydrogen) atoms. The zero-order valence-electron chi connectivity index (χ0n) is 19.1. The van der Waals surface area contributed by atoms with Crippen molar-refractivity contribution in [1.29, 1.82) is 0 Å². The molecule has 8 nitrogen and oxygen atoms in total. The number of aromatic nitrogens is 2. The second kappa shape index (κ2) is 9.40. The number of piperidine rings is 1. The zero-order valence-corrected chi connectivity index (χ0v) is 19.1. The molecule has 2 aliphatic rings. The molecule has 0 aromatic carbocycles. The van der Waals surface area contributed by atoms with Crippen LogP contribution < -0.4 is 21.5 Å². The minimum Gasteiger partial charge on any atom is -0.335 e. The van der Waals surface area contributed by atoms with Gasteiger partial charge in [0.1, 0.15) is 0 Å². The Bertz CT molecular complexity index is 1070. The quantitative estimate of drug-likeness (QED) is 0.681. The van der Waals surface area contributed by atoms with Gasteiger partial charge in [-0.15, -0.1) is 0 Å². The number of imide groups is 1. The molecule has 0 radical (unpaired) electrons. The SMILES string of the molecule is Cc1cc2c(cn1)cc(C1CC(NC(=O)NC(=O)C3CCCCN3)CCC1C)c(=O)n2C. The Kier molecular flexibility index (Phi) is 6.60. The number of aryl methyl sites for hydroxylation is 2. The van der Waals surface area contributed by atoms with Crippen LogP contribution in [0.5, 0.6) is 0 Å². The number of carbonyl (C=O) groups excluding carboxylic acids is 2. The van der Waals surface area contributed by atoms with Crippen LogP contribution in [0.1, 0.15) is 62.6 Å². The van der Waals surface area contributed by atoms with E-state index in [4.69, 9.17) is 0 Å². The van der Waals surface area contributed by atoms with Crippen molar-refractivity contribution in [3.8, 4) is 0 Å². The first kappa shape index (κ1) is 22.5. The Hall–Kier alpha value is -2.74. The van der Waals surface area contributed by atoms with Gasteiger partial charge in [-0.1, -0.05) is 13.3 Å².